The fourth-order valence-corrected chi connectivity index (χ4v) is 3.70. The van der Waals surface area contributed by atoms with Crippen LogP contribution in [0.1, 0.15) is 10.6 Å². The summed E-state index contributed by atoms with van der Waals surface area (Å²) in [4.78, 5) is 33.8. The highest BCUT2D eigenvalue weighted by Crippen LogP contribution is 2.28. The number of hydrogen-bond donors (Lipinski definition) is 2. The molecule has 2 aromatic carbocycles. The molecule has 0 saturated heterocycles. The molecule has 2 N–H and O–H groups in total. The molecule has 0 aliphatic carbocycles. The average Bonchev–Trinajstić information content (AvgIpc) is 3.14. The predicted octanol–water partition coefficient (Wildman–Crippen LogP) is 3.92. The third kappa shape index (κ3) is 3.99. The van der Waals surface area contributed by atoms with E-state index in [0.29, 0.717) is 24.2 Å². The summed E-state index contributed by atoms with van der Waals surface area (Å²) in [6.07, 6.45) is 1.97. The Morgan fingerprint density at radius 3 is 2.72 bits per heavy atom. The zero-order chi connectivity index (χ0) is 20.4. The Bertz CT molecular complexity index is 1250. The van der Waals surface area contributed by atoms with Crippen molar-refractivity contribution < 1.29 is 4.92 Å². The topological polar surface area (TPSA) is 114 Å². The summed E-state index contributed by atoms with van der Waals surface area (Å²) in [7, 11) is 0. The van der Waals surface area contributed by atoms with Gasteiger partial charge in [-0.25, -0.2) is 9.97 Å². The maximum atomic E-state index is 11.9. The van der Waals surface area contributed by atoms with E-state index in [1.807, 2.05) is 36.6 Å². The fourth-order valence-electron chi connectivity index (χ4n) is 3.08. The molecule has 0 radical (unpaired) electrons. The zero-order valence-corrected chi connectivity index (χ0v) is 16.3. The number of aryl methyl sites for hydroxylation is 1. The van der Waals surface area contributed by atoms with Gasteiger partial charge in [-0.05, 0) is 25.0 Å². The molecule has 2 aromatic heterocycles. The largest absolute Gasteiger partial charge is 0.379 e. The Hall–Kier alpha value is -3.59. The van der Waals surface area contributed by atoms with Crippen molar-refractivity contribution in [1.29, 1.82) is 0 Å². The lowest BCUT2D eigenvalue weighted by molar-refractivity contribution is -0.383. The number of aromatic nitrogens is 3. The number of nitro groups is 1. The number of nitrogens with zero attached hydrogens (tertiary/aromatic N) is 3. The van der Waals surface area contributed by atoms with Crippen LogP contribution in [0.4, 0.5) is 11.4 Å². The third-order valence-corrected chi connectivity index (χ3v) is 5.33. The van der Waals surface area contributed by atoms with Crippen molar-refractivity contribution in [3.63, 3.8) is 0 Å². The van der Waals surface area contributed by atoms with Crippen molar-refractivity contribution in [1.82, 2.24) is 15.0 Å². The van der Waals surface area contributed by atoms with E-state index in [4.69, 9.17) is 0 Å². The molecule has 8 nitrogen and oxygen atoms in total. The van der Waals surface area contributed by atoms with E-state index in [9.17, 15) is 14.9 Å². The Labute approximate surface area is 169 Å². The molecule has 2 heterocycles. The monoisotopic (exact) mass is 407 g/mol. The highest BCUT2D eigenvalue weighted by atomic mass is 32.1. The summed E-state index contributed by atoms with van der Waals surface area (Å²) in [5.41, 5.74) is 3.33. The molecule has 0 aliphatic rings. The lowest BCUT2D eigenvalue weighted by Crippen LogP contribution is -2.10. The molecule has 4 aromatic rings. The number of benzene rings is 2. The molecule has 0 bridgehead atoms. The Kier molecular flexibility index (Phi) is 5.05. The molecule has 146 valence electrons. The molecule has 0 fully saturated rings. The molecule has 0 saturated carbocycles. The highest BCUT2D eigenvalue weighted by Gasteiger charge is 2.17. The van der Waals surface area contributed by atoms with Gasteiger partial charge in [0.05, 0.1) is 32.9 Å². The van der Waals surface area contributed by atoms with Crippen LogP contribution in [-0.2, 0) is 6.42 Å². The minimum atomic E-state index is -0.501. The van der Waals surface area contributed by atoms with Gasteiger partial charge < -0.3 is 10.3 Å². The quantitative estimate of drug-likeness (QED) is 0.370. The van der Waals surface area contributed by atoms with Crippen LogP contribution in [0, 0.1) is 17.0 Å². The van der Waals surface area contributed by atoms with Crippen LogP contribution in [0.2, 0.25) is 0 Å². The van der Waals surface area contributed by atoms with E-state index in [0.717, 1.165) is 21.8 Å². The van der Waals surface area contributed by atoms with Crippen LogP contribution in [0.15, 0.2) is 52.9 Å². The van der Waals surface area contributed by atoms with Crippen LogP contribution < -0.4 is 10.9 Å². The van der Waals surface area contributed by atoms with Crippen LogP contribution in [0.3, 0.4) is 0 Å². The van der Waals surface area contributed by atoms with Crippen molar-refractivity contribution in [3.05, 3.63) is 79.1 Å². The number of aromatic amines is 1. The summed E-state index contributed by atoms with van der Waals surface area (Å²) in [5, 5.41) is 17.8. The van der Waals surface area contributed by atoms with Gasteiger partial charge in [0.25, 0.3) is 11.2 Å². The Morgan fingerprint density at radius 2 is 2.03 bits per heavy atom. The number of anilines is 1. The van der Waals surface area contributed by atoms with Gasteiger partial charge in [-0.3, -0.25) is 14.9 Å². The number of nitro benzene ring substituents is 1. The second kappa shape index (κ2) is 7.80. The Balaban J connectivity index is 1.49. The van der Waals surface area contributed by atoms with Gasteiger partial charge in [0, 0.05) is 23.6 Å². The van der Waals surface area contributed by atoms with Crippen LogP contribution in [-0.4, -0.2) is 26.4 Å². The van der Waals surface area contributed by atoms with E-state index in [1.165, 1.54) is 18.5 Å². The van der Waals surface area contributed by atoms with Gasteiger partial charge in [-0.1, -0.05) is 24.3 Å². The lowest BCUT2D eigenvalue weighted by atomic mass is 10.1. The summed E-state index contributed by atoms with van der Waals surface area (Å²) >= 11 is 1.62. The molecular weight excluding hydrogens is 390 g/mol. The maximum absolute atomic E-state index is 11.9. The summed E-state index contributed by atoms with van der Waals surface area (Å²) < 4.78 is 0. The number of nitrogens with one attached hydrogen (secondary N) is 2. The summed E-state index contributed by atoms with van der Waals surface area (Å²) in [6.45, 7) is 2.48. The zero-order valence-electron chi connectivity index (χ0n) is 15.5. The van der Waals surface area contributed by atoms with Crippen molar-refractivity contribution in [2.45, 2.75) is 13.3 Å². The first-order valence-corrected chi connectivity index (χ1v) is 9.80. The lowest BCUT2D eigenvalue weighted by Gasteiger charge is -2.09. The number of thiazole rings is 1. The van der Waals surface area contributed by atoms with Gasteiger partial charge >= 0.3 is 0 Å². The normalized spacial score (nSPS) is 10.9. The standard InChI is InChI=1S/C20H17N5O3S/c1-12-24-18(10-29-12)14-4-2-13(3-5-14)6-7-21-17-9-16-15(8-19(17)25(27)28)20(26)23-11-22-16/h2-5,8-11,21H,6-7H2,1H3,(H,22,23,26). The number of hydrogen-bond acceptors (Lipinski definition) is 7. The molecule has 9 heteroatoms. The number of H-pyrrole nitrogens is 1. The van der Waals surface area contributed by atoms with Gasteiger partial charge in [-0.2, -0.15) is 0 Å². The fraction of sp³-hybridized carbons (Fsp3) is 0.150. The number of rotatable bonds is 6. The molecule has 0 spiro atoms. The molecule has 0 unspecified atom stereocenters. The van der Waals surface area contributed by atoms with Gasteiger partial charge in [0.1, 0.15) is 5.69 Å². The molecule has 0 atom stereocenters. The van der Waals surface area contributed by atoms with E-state index in [2.05, 4.69) is 20.3 Å². The van der Waals surface area contributed by atoms with E-state index in [-0.39, 0.29) is 11.1 Å². The first-order valence-electron chi connectivity index (χ1n) is 8.92. The van der Waals surface area contributed by atoms with Gasteiger partial charge in [0.2, 0.25) is 0 Å². The third-order valence-electron chi connectivity index (χ3n) is 4.55. The summed E-state index contributed by atoms with van der Waals surface area (Å²) in [5.74, 6) is 0. The smallest absolute Gasteiger partial charge is 0.293 e. The molecule has 0 amide bonds. The van der Waals surface area contributed by atoms with Crippen molar-refractivity contribution in [2.75, 3.05) is 11.9 Å². The Morgan fingerprint density at radius 1 is 1.24 bits per heavy atom. The second-order valence-electron chi connectivity index (χ2n) is 6.50. The first-order chi connectivity index (χ1) is 14.0. The van der Waals surface area contributed by atoms with E-state index >= 15 is 0 Å². The molecule has 4 rings (SSSR count). The van der Waals surface area contributed by atoms with Crippen molar-refractivity contribution >= 4 is 33.6 Å². The molecule has 29 heavy (non-hydrogen) atoms. The van der Waals surface area contributed by atoms with E-state index < -0.39 is 10.5 Å². The highest BCUT2D eigenvalue weighted by molar-refractivity contribution is 7.09. The predicted molar refractivity (Wildman–Crippen MR) is 113 cm³/mol. The van der Waals surface area contributed by atoms with E-state index in [1.54, 1.807) is 11.3 Å². The van der Waals surface area contributed by atoms with Gasteiger partial charge in [-0.15, -0.1) is 11.3 Å². The minimum Gasteiger partial charge on any atom is -0.379 e. The van der Waals surface area contributed by atoms with Crippen LogP contribution >= 0.6 is 11.3 Å². The SMILES string of the molecule is Cc1nc(-c2ccc(CCNc3cc4nc[nH]c(=O)c4cc3[N+](=O)[O-])cc2)cs1. The molecule has 0 aliphatic heterocycles. The first kappa shape index (κ1) is 18.8. The average molecular weight is 407 g/mol. The summed E-state index contributed by atoms with van der Waals surface area (Å²) in [6, 6.07) is 10.9. The van der Waals surface area contributed by atoms with Gasteiger partial charge in [0.15, 0.2) is 0 Å². The van der Waals surface area contributed by atoms with Crippen molar-refractivity contribution in [2.24, 2.45) is 0 Å². The molecular formula is C20H17N5O3S. The van der Waals surface area contributed by atoms with Crippen LogP contribution in [0.25, 0.3) is 22.2 Å². The number of fused-ring (bicyclic) bond motifs is 1. The minimum absolute atomic E-state index is 0.148. The maximum Gasteiger partial charge on any atom is 0.293 e. The van der Waals surface area contributed by atoms with Crippen molar-refractivity contribution in [3.8, 4) is 11.3 Å². The second-order valence-corrected chi connectivity index (χ2v) is 7.56. The van der Waals surface area contributed by atoms with Crippen LogP contribution in [0.5, 0.6) is 0 Å².